The molecule has 1 heterocycles. The summed E-state index contributed by atoms with van der Waals surface area (Å²) in [6.07, 6.45) is 4.54. The van der Waals surface area contributed by atoms with Gasteiger partial charge in [-0.25, -0.2) is 0 Å². The van der Waals surface area contributed by atoms with Gasteiger partial charge in [0.25, 0.3) is 0 Å². The fourth-order valence-corrected chi connectivity index (χ4v) is 2.89. The van der Waals surface area contributed by atoms with Crippen LogP contribution >= 0.6 is 0 Å². The summed E-state index contributed by atoms with van der Waals surface area (Å²) in [4.78, 5) is 2.43. The summed E-state index contributed by atoms with van der Waals surface area (Å²) < 4.78 is 5.94. The molecular formula is C13H26N2O. The molecule has 0 amide bonds. The number of nitrogens with zero attached hydrogens (tertiary/aromatic N) is 1. The fourth-order valence-electron chi connectivity index (χ4n) is 2.89. The van der Waals surface area contributed by atoms with Gasteiger partial charge in [-0.3, -0.25) is 4.90 Å². The molecule has 2 N–H and O–H groups in total. The number of rotatable bonds is 5. The number of ether oxygens (including phenoxy) is 1. The Kier molecular flexibility index (Phi) is 3.88. The lowest BCUT2D eigenvalue weighted by Crippen LogP contribution is -2.47. The van der Waals surface area contributed by atoms with Crippen LogP contribution in [0.3, 0.4) is 0 Å². The van der Waals surface area contributed by atoms with E-state index in [9.17, 15) is 0 Å². The van der Waals surface area contributed by atoms with Crippen molar-refractivity contribution in [2.75, 3.05) is 20.1 Å². The van der Waals surface area contributed by atoms with Crippen molar-refractivity contribution in [3.63, 3.8) is 0 Å². The summed E-state index contributed by atoms with van der Waals surface area (Å²) >= 11 is 0. The third kappa shape index (κ3) is 2.76. The summed E-state index contributed by atoms with van der Waals surface area (Å²) in [7, 11) is 2.20. The van der Waals surface area contributed by atoms with Crippen molar-refractivity contribution in [2.45, 2.75) is 51.4 Å². The summed E-state index contributed by atoms with van der Waals surface area (Å²) in [5.41, 5.74) is 5.91. The Hall–Kier alpha value is -0.120. The Bertz CT molecular complexity index is 234. The van der Waals surface area contributed by atoms with E-state index in [2.05, 4.69) is 25.8 Å². The van der Waals surface area contributed by atoms with Crippen molar-refractivity contribution in [3.05, 3.63) is 0 Å². The molecule has 0 spiro atoms. The highest BCUT2D eigenvalue weighted by Crippen LogP contribution is 2.38. The minimum atomic E-state index is 0.360. The maximum absolute atomic E-state index is 5.94. The Labute approximate surface area is 99.3 Å². The lowest BCUT2D eigenvalue weighted by atomic mass is 10.1. The number of likely N-dealkylation sites (N-methyl/N-ethyl adjacent to an activating group) is 1. The van der Waals surface area contributed by atoms with Crippen molar-refractivity contribution in [2.24, 2.45) is 17.6 Å². The van der Waals surface area contributed by atoms with Gasteiger partial charge in [-0.2, -0.15) is 0 Å². The van der Waals surface area contributed by atoms with Crippen LogP contribution in [0.1, 0.15) is 33.1 Å². The summed E-state index contributed by atoms with van der Waals surface area (Å²) in [6, 6.07) is 0.415. The summed E-state index contributed by atoms with van der Waals surface area (Å²) in [5, 5.41) is 0. The zero-order chi connectivity index (χ0) is 11.7. The van der Waals surface area contributed by atoms with Gasteiger partial charge < -0.3 is 10.5 Å². The van der Waals surface area contributed by atoms with Crippen LogP contribution in [-0.4, -0.2) is 43.3 Å². The van der Waals surface area contributed by atoms with Crippen LogP contribution in [0.15, 0.2) is 0 Å². The average molecular weight is 226 g/mol. The lowest BCUT2D eigenvalue weighted by molar-refractivity contribution is 0.00157. The van der Waals surface area contributed by atoms with Gasteiger partial charge in [0.2, 0.25) is 0 Å². The molecule has 0 radical (unpaired) electrons. The van der Waals surface area contributed by atoms with Crippen molar-refractivity contribution in [1.29, 1.82) is 0 Å². The zero-order valence-electron chi connectivity index (χ0n) is 10.9. The zero-order valence-corrected chi connectivity index (χ0v) is 10.9. The highest BCUT2D eigenvalue weighted by molar-refractivity contribution is 4.90. The predicted octanol–water partition coefficient (Wildman–Crippen LogP) is 1.47. The molecule has 1 saturated heterocycles. The van der Waals surface area contributed by atoms with E-state index in [1.54, 1.807) is 0 Å². The van der Waals surface area contributed by atoms with Crippen LogP contribution < -0.4 is 5.73 Å². The molecule has 3 nitrogen and oxygen atoms in total. The second-order valence-electron chi connectivity index (χ2n) is 5.78. The third-order valence-electron chi connectivity index (χ3n) is 4.30. The first-order valence-electron chi connectivity index (χ1n) is 6.67. The normalized spacial score (nSPS) is 40.3. The molecule has 1 aliphatic carbocycles. The monoisotopic (exact) mass is 226 g/mol. The van der Waals surface area contributed by atoms with Gasteiger partial charge in [-0.05, 0) is 45.1 Å². The first kappa shape index (κ1) is 12.3. The fraction of sp³-hybridized carbons (Fsp3) is 1.00. The molecule has 0 aromatic rings. The molecule has 1 aliphatic heterocycles. The lowest BCUT2D eigenvalue weighted by Gasteiger charge is -2.31. The number of hydrogen-bond acceptors (Lipinski definition) is 3. The second kappa shape index (κ2) is 5.03. The smallest absolute Gasteiger partial charge is 0.0746 e. The molecule has 1 saturated carbocycles. The van der Waals surface area contributed by atoms with E-state index in [1.807, 2.05) is 0 Å². The minimum Gasteiger partial charge on any atom is -0.374 e. The summed E-state index contributed by atoms with van der Waals surface area (Å²) in [5.74, 6) is 1.82. The van der Waals surface area contributed by atoms with Gasteiger partial charge in [0, 0.05) is 19.1 Å². The Morgan fingerprint density at radius 3 is 2.50 bits per heavy atom. The topological polar surface area (TPSA) is 38.5 Å². The van der Waals surface area contributed by atoms with E-state index in [1.165, 1.54) is 25.8 Å². The third-order valence-corrected chi connectivity index (χ3v) is 4.30. The first-order valence-corrected chi connectivity index (χ1v) is 6.67. The molecule has 5 atom stereocenters. The SMILES string of the molecule is CC1CCC(C(CN)N(C)CC2CC2C)O1. The molecule has 16 heavy (non-hydrogen) atoms. The Morgan fingerprint density at radius 2 is 2.06 bits per heavy atom. The van der Waals surface area contributed by atoms with Gasteiger partial charge in [0.15, 0.2) is 0 Å². The quantitative estimate of drug-likeness (QED) is 0.771. The van der Waals surface area contributed by atoms with Gasteiger partial charge in [-0.15, -0.1) is 0 Å². The number of hydrogen-bond donors (Lipinski definition) is 1. The van der Waals surface area contributed by atoms with Gasteiger partial charge in [-0.1, -0.05) is 6.92 Å². The van der Waals surface area contributed by atoms with Crippen LogP contribution in [0.2, 0.25) is 0 Å². The maximum Gasteiger partial charge on any atom is 0.0746 e. The van der Waals surface area contributed by atoms with E-state index in [0.717, 1.165) is 18.4 Å². The molecule has 0 aromatic carbocycles. The maximum atomic E-state index is 5.94. The van der Waals surface area contributed by atoms with Crippen molar-refractivity contribution in [3.8, 4) is 0 Å². The summed E-state index contributed by atoms with van der Waals surface area (Å²) in [6.45, 7) is 6.41. The molecular weight excluding hydrogens is 200 g/mol. The van der Waals surface area contributed by atoms with Crippen molar-refractivity contribution in [1.82, 2.24) is 4.90 Å². The highest BCUT2D eigenvalue weighted by Gasteiger charge is 2.37. The molecule has 2 aliphatic rings. The molecule has 5 unspecified atom stereocenters. The van der Waals surface area contributed by atoms with Gasteiger partial charge in [0.05, 0.1) is 12.2 Å². The van der Waals surface area contributed by atoms with Crippen LogP contribution in [0.5, 0.6) is 0 Å². The second-order valence-corrected chi connectivity index (χ2v) is 5.78. The standard InChI is InChI=1S/C13H26N2O/c1-9-6-11(9)8-15(3)12(7-14)13-5-4-10(2)16-13/h9-13H,4-8,14H2,1-3H3. The van der Waals surface area contributed by atoms with Crippen molar-refractivity contribution < 1.29 is 4.74 Å². The van der Waals surface area contributed by atoms with Gasteiger partial charge >= 0.3 is 0 Å². The highest BCUT2D eigenvalue weighted by atomic mass is 16.5. The van der Waals surface area contributed by atoms with Crippen molar-refractivity contribution >= 4 is 0 Å². The molecule has 0 bridgehead atoms. The minimum absolute atomic E-state index is 0.360. The van der Waals surface area contributed by atoms with E-state index < -0.39 is 0 Å². The molecule has 3 heteroatoms. The van der Waals surface area contributed by atoms with E-state index >= 15 is 0 Å². The van der Waals surface area contributed by atoms with Crippen LogP contribution in [0.4, 0.5) is 0 Å². The number of nitrogens with two attached hydrogens (primary N) is 1. The van der Waals surface area contributed by atoms with Crippen LogP contribution in [0, 0.1) is 11.8 Å². The first-order chi connectivity index (χ1) is 7.61. The van der Waals surface area contributed by atoms with E-state index in [0.29, 0.717) is 18.2 Å². The van der Waals surface area contributed by atoms with Crippen LogP contribution in [0.25, 0.3) is 0 Å². The Balaban J connectivity index is 1.83. The van der Waals surface area contributed by atoms with E-state index in [4.69, 9.17) is 10.5 Å². The van der Waals surface area contributed by atoms with Gasteiger partial charge in [0.1, 0.15) is 0 Å². The Morgan fingerprint density at radius 1 is 1.38 bits per heavy atom. The predicted molar refractivity (Wildman–Crippen MR) is 66.3 cm³/mol. The molecule has 94 valence electrons. The molecule has 2 fully saturated rings. The molecule has 0 aromatic heterocycles. The largest absolute Gasteiger partial charge is 0.374 e. The average Bonchev–Trinajstić information content (AvgIpc) is 2.74. The van der Waals surface area contributed by atoms with E-state index in [-0.39, 0.29) is 0 Å². The molecule has 2 rings (SSSR count). The van der Waals surface area contributed by atoms with Crippen LogP contribution in [-0.2, 0) is 4.74 Å².